The molecule has 0 aliphatic rings. The zero-order valence-electron chi connectivity index (χ0n) is 11.2. The van der Waals surface area contributed by atoms with Crippen LogP contribution in [0.25, 0.3) is 5.69 Å². The van der Waals surface area contributed by atoms with Crippen LogP contribution in [0.4, 0.5) is 5.82 Å². The zero-order valence-corrected chi connectivity index (χ0v) is 12.7. The lowest BCUT2D eigenvalue weighted by Crippen LogP contribution is -2.12. The Morgan fingerprint density at radius 2 is 2.05 bits per heavy atom. The normalized spacial score (nSPS) is 10.5. The first-order valence-corrected chi connectivity index (χ1v) is 7.11. The monoisotopic (exact) mass is 332 g/mol. The molecule has 22 heavy (non-hydrogen) atoms. The predicted octanol–water partition coefficient (Wildman–Crippen LogP) is 3.83. The number of nitrogens with zero attached hydrogens (tertiary/aromatic N) is 3. The van der Waals surface area contributed by atoms with E-state index in [1.54, 1.807) is 53.5 Å². The molecule has 0 atom stereocenters. The van der Waals surface area contributed by atoms with E-state index < -0.39 is 0 Å². The first-order valence-electron chi connectivity index (χ1n) is 6.36. The zero-order chi connectivity index (χ0) is 15.5. The lowest BCUT2D eigenvalue weighted by atomic mass is 10.3. The lowest BCUT2D eigenvalue weighted by molar-refractivity contribution is 0.102. The molecule has 5 nitrogen and oxygen atoms in total. The number of hydrogen-bond donors (Lipinski definition) is 1. The molecule has 0 bridgehead atoms. The first kappa shape index (κ1) is 14.6. The van der Waals surface area contributed by atoms with Crippen molar-refractivity contribution < 1.29 is 4.79 Å². The van der Waals surface area contributed by atoms with Crippen molar-refractivity contribution in [3.8, 4) is 5.69 Å². The molecule has 0 aliphatic carbocycles. The maximum absolute atomic E-state index is 12.0. The van der Waals surface area contributed by atoms with Gasteiger partial charge in [0.25, 0.3) is 5.91 Å². The Balaban J connectivity index is 1.81. The second-order valence-electron chi connectivity index (χ2n) is 4.44. The summed E-state index contributed by atoms with van der Waals surface area (Å²) in [4.78, 5) is 15.9. The molecule has 0 aliphatic heterocycles. The van der Waals surface area contributed by atoms with Crippen LogP contribution in [0, 0.1) is 0 Å². The number of anilines is 1. The highest BCUT2D eigenvalue weighted by atomic mass is 35.5. The minimum absolute atomic E-state index is 0.277. The molecule has 1 amide bonds. The van der Waals surface area contributed by atoms with Gasteiger partial charge in [0, 0.05) is 29.7 Å². The molecule has 1 aromatic carbocycles. The van der Waals surface area contributed by atoms with E-state index in [-0.39, 0.29) is 5.91 Å². The smallest absolute Gasteiger partial charge is 0.258 e. The van der Waals surface area contributed by atoms with Gasteiger partial charge in [-0.3, -0.25) is 9.78 Å². The third-order valence-electron chi connectivity index (χ3n) is 2.91. The Hall–Kier alpha value is -2.37. The molecule has 0 fully saturated rings. The fourth-order valence-electron chi connectivity index (χ4n) is 1.88. The largest absolute Gasteiger partial charge is 0.305 e. The summed E-state index contributed by atoms with van der Waals surface area (Å²) in [6.45, 7) is 0. The van der Waals surface area contributed by atoms with Gasteiger partial charge in [-0.25, -0.2) is 4.68 Å². The van der Waals surface area contributed by atoms with Crippen molar-refractivity contribution in [2.45, 2.75) is 0 Å². The lowest BCUT2D eigenvalue weighted by Gasteiger charge is -2.05. The van der Waals surface area contributed by atoms with Crippen LogP contribution in [-0.2, 0) is 0 Å². The summed E-state index contributed by atoms with van der Waals surface area (Å²) in [6, 6.07) is 10.2. The molecular formula is C15H10Cl2N4O. The Morgan fingerprint density at radius 1 is 1.18 bits per heavy atom. The molecule has 0 radical (unpaired) electrons. The molecule has 1 N–H and O–H groups in total. The summed E-state index contributed by atoms with van der Waals surface area (Å²) < 4.78 is 1.57. The van der Waals surface area contributed by atoms with E-state index >= 15 is 0 Å². The number of halogens is 2. The first-order chi connectivity index (χ1) is 10.6. The summed E-state index contributed by atoms with van der Waals surface area (Å²) >= 11 is 12.0. The average molecular weight is 333 g/mol. The number of hydrogen-bond acceptors (Lipinski definition) is 3. The van der Waals surface area contributed by atoms with Gasteiger partial charge in [-0.1, -0.05) is 23.2 Å². The number of amides is 1. The number of pyridine rings is 1. The van der Waals surface area contributed by atoms with E-state index in [4.69, 9.17) is 23.2 Å². The van der Waals surface area contributed by atoms with Gasteiger partial charge in [-0.15, -0.1) is 5.10 Å². The standard InChI is InChI=1S/C15H10Cl2N4O/c16-11-3-4-13(12(17)8-11)21-7-5-14(20-21)19-15(22)10-2-1-6-18-9-10/h1-9H,(H,19,20,22). The molecule has 3 rings (SSSR count). The van der Waals surface area contributed by atoms with Gasteiger partial charge in [0.05, 0.1) is 16.3 Å². The molecule has 7 heteroatoms. The minimum Gasteiger partial charge on any atom is -0.305 e. The quantitative estimate of drug-likeness (QED) is 0.792. The molecule has 2 heterocycles. The highest BCUT2D eigenvalue weighted by Crippen LogP contribution is 2.24. The molecule has 0 spiro atoms. The van der Waals surface area contributed by atoms with Crippen LogP contribution in [0.2, 0.25) is 10.0 Å². The van der Waals surface area contributed by atoms with Gasteiger partial charge in [0.1, 0.15) is 0 Å². The molecule has 0 saturated heterocycles. The summed E-state index contributed by atoms with van der Waals surface area (Å²) in [5.41, 5.74) is 1.13. The van der Waals surface area contributed by atoms with Crippen molar-refractivity contribution >= 4 is 34.9 Å². The van der Waals surface area contributed by atoms with Gasteiger partial charge >= 0.3 is 0 Å². The van der Waals surface area contributed by atoms with E-state index in [2.05, 4.69) is 15.4 Å². The Kier molecular flexibility index (Phi) is 4.09. The maximum atomic E-state index is 12.0. The maximum Gasteiger partial charge on any atom is 0.258 e. The van der Waals surface area contributed by atoms with Crippen LogP contribution in [-0.4, -0.2) is 20.7 Å². The molecular weight excluding hydrogens is 323 g/mol. The summed E-state index contributed by atoms with van der Waals surface area (Å²) in [5.74, 6) is 0.139. The van der Waals surface area contributed by atoms with Crippen LogP contribution >= 0.6 is 23.2 Å². The van der Waals surface area contributed by atoms with E-state index in [1.807, 2.05) is 0 Å². The summed E-state index contributed by atoms with van der Waals surface area (Å²) in [7, 11) is 0. The average Bonchev–Trinajstić information content (AvgIpc) is 2.96. The highest BCUT2D eigenvalue weighted by Gasteiger charge is 2.10. The predicted molar refractivity (Wildman–Crippen MR) is 85.8 cm³/mol. The van der Waals surface area contributed by atoms with E-state index in [9.17, 15) is 4.79 Å². The Bertz CT molecular complexity index is 817. The number of carbonyl (C=O) groups is 1. The van der Waals surface area contributed by atoms with Gasteiger partial charge < -0.3 is 5.32 Å². The van der Waals surface area contributed by atoms with Gasteiger partial charge in [-0.2, -0.15) is 0 Å². The highest BCUT2D eigenvalue weighted by molar-refractivity contribution is 6.35. The fourth-order valence-corrected chi connectivity index (χ4v) is 2.37. The number of benzene rings is 1. The minimum atomic E-state index is -0.277. The third-order valence-corrected chi connectivity index (χ3v) is 3.45. The summed E-state index contributed by atoms with van der Waals surface area (Å²) in [6.07, 6.45) is 4.80. The van der Waals surface area contributed by atoms with Crippen molar-refractivity contribution in [2.75, 3.05) is 5.32 Å². The van der Waals surface area contributed by atoms with Crippen LogP contribution < -0.4 is 5.32 Å². The second-order valence-corrected chi connectivity index (χ2v) is 5.28. The van der Waals surface area contributed by atoms with Crippen molar-refractivity contribution in [3.05, 3.63) is 70.6 Å². The van der Waals surface area contributed by atoms with Crippen LogP contribution in [0.1, 0.15) is 10.4 Å². The molecule has 2 aromatic heterocycles. The van der Waals surface area contributed by atoms with Crippen LogP contribution in [0.3, 0.4) is 0 Å². The number of rotatable bonds is 3. The van der Waals surface area contributed by atoms with E-state index in [0.29, 0.717) is 27.1 Å². The van der Waals surface area contributed by atoms with Crippen molar-refractivity contribution in [2.24, 2.45) is 0 Å². The van der Waals surface area contributed by atoms with Gasteiger partial charge in [0.2, 0.25) is 0 Å². The van der Waals surface area contributed by atoms with Crippen molar-refractivity contribution in [1.29, 1.82) is 0 Å². The summed E-state index contributed by atoms with van der Waals surface area (Å²) in [5, 5.41) is 7.99. The van der Waals surface area contributed by atoms with E-state index in [1.165, 1.54) is 6.20 Å². The van der Waals surface area contributed by atoms with Crippen LogP contribution in [0.15, 0.2) is 55.0 Å². The molecule has 0 saturated carbocycles. The topological polar surface area (TPSA) is 59.8 Å². The number of carbonyl (C=O) groups excluding carboxylic acids is 1. The fraction of sp³-hybridized carbons (Fsp3) is 0. The number of nitrogens with one attached hydrogen (secondary N) is 1. The number of aromatic nitrogens is 3. The van der Waals surface area contributed by atoms with Crippen LogP contribution in [0.5, 0.6) is 0 Å². The van der Waals surface area contributed by atoms with Crippen molar-refractivity contribution in [3.63, 3.8) is 0 Å². The second kappa shape index (κ2) is 6.17. The van der Waals surface area contributed by atoms with E-state index in [0.717, 1.165) is 0 Å². The Labute approximate surface area is 136 Å². The molecule has 0 unspecified atom stereocenters. The van der Waals surface area contributed by atoms with Gasteiger partial charge in [-0.05, 0) is 30.3 Å². The van der Waals surface area contributed by atoms with Crippen molar-refractivity contribution in [1.82, 2.24) is 14.8 Å². The molecule has 3 aromatic rings. The Morgan fingerprint density at radius 3 is 2.77 bits per heavy atom. The third kappa shape index (κ3) is 3.10. The van der Waals surface area contributed by atoms with Gasteiger partial charge in [0.15, 0.2) is 5.82 Å². The SMILES string of the molecule is O=C(Nc1ccn(-c2ccc(Cl)cc2Cl)n1)c1cccnc1. The molecule has 110 valence electrons.